The van der Waals surface area contributed by atoms with Crippen molar-refractivity contribution >= 4 is 17.6 Å². The third-order valence-corrected chi connectivity index (χ3v) is 4.18. The van der Waals surface area contributed by atoms with Gasteiger partial charge in [0.15, 0.2) is 0 Å². The fourth-order valence-electron chi connectivity index (χ4n) is 2.88. The van der Waals surface area contributed by atoms with Crippen LogP contribution >= 0.6 is 0 Å². The molecule has 0 spiro atoms. The largest absolute Gasteiger partial charge is 0.480 e. The summed E-state index contributed by atoms with van der Waals surface area (Å²) in [5, 5.41) is 11.9. The average molecular weight is 328 g/mol. The number of carbonyl (C=O) groups is 2. The Morgan fingerprint density at radius 1 is 1.38 bits per heavy atom. The second kappa shape index (κ2) is 7.90. The number of allylic oxidation sites excluding steroid dienone is 1. The van der Waals surface area contributed by atoms with Crippen LogP contribution in [0.25, 0.3) is 0 Å². The monoisotopic (exact) mass is 328 g/mol. The first-order chi connectivity index (χ1) is 11.5. The zero-order chi connectivity index (χ0) is 17.7. The predicted molar refractivity (Wildman–Crippen MR) is 94.2 cm³/mol. The van der Waals surface area contributed by atoms with E-state index >= 15 is 0 Å². The number of amides is 1. The molecule has 0 saturated heterocycles. The summed E-state index contributed by atoms with van der Waals surface area (Å²) in [6.07, 6.45) is 4.57. The van der Waals surface area contributed by atoms with Gasteiger partial charge in [0.1, 0.15) is 11.8 Å². The maximum absolute atomic E-state index is 12.6. The van der Waals surface area contributed by atoms with Crippen molar-refractivity contribution in [1.82, 2.24) is 5.32 Å². The standard InChI is InChI=1S/C19H24N2O3/c1-4-5-6-11-15-13-9-7-8-10-14(13)17(20-15)18(22)21-16(12(2)3)19(23)24/h4,7-10,12,15-16H,1,5-6,11H2,2-3H3,(H,21,22)(H,23,24)/t15?,16-/m0/s1. The van der Waals surface area contributed by atoms with Gasteiger partial charge in [-0.15, -0.1) is 6.58 Å². The first-order valence-corrected chi connectivity index (χ1v) is 8.27. The lowest BCUT2D eigenvalue weighted by Gasteiger charge is -2.17. The number of aliphatic carboxylic acids is 1. The molecular formula is C19H24N2O3. The van der Waals surface area contributed by atoms with Crippen molar-refractivity contribution in [2.75, 3.05) is 0 Å². The van der Waals surface area contributed by atoms with Crippen LogP contribution < -0.4 is 5.32 Å². The summed E-state index contributed by atoms with van der Waals surface area (Å²) in [7, 11) is 0. The van der Waals surface area contributed by atoms with Gasteiger partial charge in [-0.3, -0.25) is 9.79 Å². The van der Waals surface area contributed by atoms with E-state index in [1.807, 2.05) is 30.3 Å². The third kappa shape index (κ3) is 3.91. The molecule has 0 fully saturated rings. The lowest BCUT2D eigenvalue weighted by molar-refractivity contribution is -0.142. The van der Waals surface area contributed by atoms with Gasteiger partial charge in [0, 0.05) is 5.56 Å². The molecule has 1 aliphatic heterocycles. The Labute approximate surface area is 142 Å². The first-order valence-electron chi connectivity index (χ1n) is 8.27. The molecule has 0 bridgehead atoms. The van der Waals surface area contributed by atoms with Gasteiger partial charge in [0.25, 0.3) is 5.91 Å². The topological polar surface area (TPSA) is 78.8 Å². The molecule has 1 aromatic rings. The van der Waals surface area contributed by atoms with Crippen LogP contribution in [0.2, 0.25) is 0 Å². The second-order valence-electron chi connectivity index (χ2n) is 6.33. The minimum atomic E-state index is -1.03. The summed E-state index contributed by atoms with van der Waals surface area (Å²) in [5.74, 6) is -1.66. The highest BCUT2D eigenvalue weighted by atomic mass is 16.4. The lowest BCUT2D eigenvalue weighted by atomic mass is 9.97. The van der Waals surface area contributed by atoms with E-state index in [9.17, 15) is 14.7 Å². The van der Waals surface area contributed by atoms with E-state index in [0.717, 1.165) is 30.4 Å². The molecule has 1 amide bonds. The van der Waals surface area contributed by atoms with Crippen molar-refractivity contribution in [3.8, 4) is 0 Å². The zero-order valence-corrected chi connectivity index (χ0v) is 14.2. The Bertz CT molecular complexity index is 664. The number of benzene rings is 1. The molecule has 1 unspecified atom stereocenters. The van der Waals surface area contributed by atoms with Crippen LogP contribution in [0.5, 0.6) is 0 Å². The highest BCUT2D eigenvalue weighted by molar-refractivity contribution is 6.46. The van der Waals surface area contributed by atoms with E-state index in [1.54, 1.807) is 13.8 Å². The number of rotatable bonds is 8. The number of unbranched alkanes of at least 4 members (excludes halogenated alkanes) is 1. The summed E-state index contributed by atoms with van der Waals surface area (Å²) in [6.45, 7) is 7.25. The molecule has 2 atom stereocenters. The van der Waals surface area contributed by atoms with E-state index in [-0.39, 0.29) is 12.0 Å². The number of carboxylic acids is 1. The number of aliphatic imine (C=N–C) groups is 1. The quantitative estimate of drug-likeness (QED) is 0.568. The summed E-state index contributed by atoms with van der Waals surface area (Å²) >= 11 is 0. The van der Waals surface area contributed by atoms with Crippen LogP contribution in [0.3, 0.4) is 0 Å². The number of carboxylic acid groups (broad SMARTS) is 1. The van der Waals surface area contributed by atoms with E-state index in [0.29, 0.717) is 5.71 Å². The van der Waals surface area contributed by atoms with Gasteiger partial charge in [-0.2, -0.15) is 0 Å². The van der Waals surface area contributed by atoms with E-state index < -0.39 is 17.9 Å². The van der Waals surface area contributed by atoms with Crippen molar-refractivity contribution < 1.29 is 14.7 Å². The molecule has 1 heterocycles. The summed E-state index contributed by atoms with van der Waals surface area (Å²) < 4.78 is 0. The van der Waals surface area contributed by atoms with Gasteiger partial charge in [-0.1, -0.05) is 44.2 Å². The van der Waals surface area contributed by atoms with Crippen molar-refractivity contribution in [1.29, 1.82) is 0 Å². The van der Waals surface area contributed by atoms with Crippen LogP contribution in [0.1, 0.15) is 50.3 Å². The fourth-order valence-corrected chi connectivity index (χ4v) is 2.88. The number of nitrogens with zero attached hydrogens (tertiary/aromatic N) is 1. The number of hydrogen-bond donors (Lipinski definition) is 2. The first kappa shape index (κ1) is 17.9. The number of hydrogen-bond acceptors (Lipinski definition) is 3. The predicted octanol–water partition coefficient (Wildman–Crippen LogP) is 3.11. The molecule has 0 radical (unpaired) electrons. The number of carbonyl (C=O) groups excluding carboxylic acids is 1. The van der Waals surface area contributed by atoms with Gasteiger partial charge in [-0.05, 0) is 30.7 Å². The minimum Gasteiger partial charge on any atom is -0.480 e. The maximum atomic E-state index is 12.6. The maximum Gasteiger partial charge on any atom is 0.326 e. The molecule has 0 aromatic heterocycles. The van der Waals surface area contributed by atoms with Gasteiger partial charge in [0.05, 0.1) is 6.04 Å². The Hall–Kier alpha value is -2.43. The third-order valence-electron chi connectivity index (χ3n) is 4.18. The highest BCUT2D eigenvalue weighted by Gasteiger charge is 2.31. The smallest absolute Gasteiger partial charge is 0.326 e. The van der Waals surface area contributed by atoms with Crippen molar-refractivity contribution in [3.63, 3.8) is 0 Å². The second-order valence-corrected chi connectivity index (χ2v) is 6.33. The van der Waals surface area contributed by atoms with Crippen LogP contribution in [0.15, 0.2) is 41.9 Å². The summed E-state index contributed by atoms with van der Waals surface area (Å²) in [5.41, 5.74) is 2.16. The van der Waals surface area contributed by atoms with E-state index in [1.165, 1.54) is 0 Å². The SMILES string of the molecule is C=CCCCC1N=C(C(=O)N[C@H](C(=O)O)C(C)C)c2ccccc21. The van der Waals surface area contributed by atoms with E-state index in [2.05, 4.69) is 16.9 Å². The highest BCUT2D eigenvalue weighted by Crippen LogP contribution is 2.33. The van der Waals surface area contributed by atoms with Gasteiger partial charge < -0.3 is 10.4 Å². The molecule has 1 aliphatic rings. The molecular weight excluding hydrogens is 304 g/mol. The number of fused-ring (bicyclic) bond motifs is 1. The Morgan fingerprint density at radius 3 is 2.71 bits per heavy atom. The Kier molecular flexibility index (Phi) is 5.90. The minimum absolute atomic E-state index is 0.0516. The van der Waals surface area contributed by atoms with Gasteiger partial charge in [0.2, 0.25) is 0 Å². The molecule has 5 nitrogen and oxygen atoms in total. The van der Waals surface area contributed by atoms with Crippen LogP contribution in [-0.2, 0) is 9.59 Å². The average Bonchev–Trinajstić information content (AvgIpc) is 2.91. The molecule has 128 valence electrons. The summed E-state index contributed by atoms with van der Waals surface area (Å²) in [6, 6.07) is 6.67. The van der Waals surface area contributed by atoms with Crippen LogP contribution in [0.4, 0.5) is 0 Å². The molecule has 0 aliphatic carbocycles. The van der Waals surface area contributed by atoms with Gasteiger partial charge >= 0.3 is 5.97 Å². The molecule has 1 aromatic carbocycles. The van der Waals surface area contributed by atoms with Gasteiger partial charge in [-0.25, -0.2) is 4.79 Å². The van der Waals surface area contributed by atoms with Crippen molar-refractivity contribution in [2.45, 2.75) is 45.2 Å². The number of nitrogens with one attached hydrogen (secondary N) is 1. The van der Waals surface area contributed by atoms with E-state index in [4.69, 9.17) is 0 Å². The summed E-state index contributed by atoms with van der Waals surface area (Å²) in [4.78, 5) is 28.5. The Morgan fingerprint density at radius 2 is 2.08 bits per heavy atom. The normalized spacial score (nSPS) is 17.1. The molecule has 2 rings (SSSR count). The Balaban J connectivity index is 2.21. The molecule has 24 heavy (non-hydrogen) atoms. The zero-order valence-electron chi connectivity index (χ0n) is 14.2. The van der Waals surface area contributed by atoms with Crippen molar-refractivity contribution in [3.05, 3.63) is 48.0 Å². The van der Waals surface area contributed by atoms with Crippen LogP contribution in [-0.4, -0.2) is 28.7 Å². The fraction of sp³-hybridized carbons (Fsp3) is 0.421. The van der Waals surface area contributed by atoms with Crippen molar-refractivity contribution in [2.24, 2.45) is 10.9 Å². The molecule has 0 saturated carbocycles. The van der Waals surface area contributed by atoms with Crippen LogP contribution in [0, 0.1) is 5.92 Å². The molecule has 5 heteroatoms. The lowest BCUT2D eigenvalue weighted by Crippen LogP contribution is -2.46. The molecule has 2 N–H and O–H groups in total.